The van der Waals surface area contributed by atoms with Crippen LogP contribution in [0.4, 0.5) is 5.69 Å². The molecule has 2 heterocycles. The fourth-order valence-electron chi connectivity index (χ4n) is 4.48. The lowest BCUT2D eigenvalue weighted by atomic mass is 9.85. The first-order chi connectivity index (χ1) is 16.1. The van der Waals surface area contributed by atoms with Crippen LogP contribution in [-0.2, 0) is 4.79 Å². The first-order valence-electron chi connectivity index (χ1n) is 11.3. The molecule has 5 rings (SSSR count). The Bertz CT molecular complexity index is 1200. The molecule has 2 aromatic carbocycles. The number of nitrogens with zero attached hydrogens (tertiary/aromatic N) is 2. The summed E-state index contributed by atoms with van der Waals surface area (Å²) in [4.78, 5) is 21.0. The van der Waals surface area contributed by atoms with E-state index in [4.69, 9.17) is 9.41 Å². The third-order valence-corrected chi connectivity index (χ3v) is 7.76. The summed E-state index contributed by atoms with van der Waals surface area (Å²) < 4.78 is 7.08. The van der Waals surface area contributed by atoms with Crippen LogP contribution in [0.15, 0.2) is 85.5 Å². The first-order valence-corrected chi connectivity index (χ1v) is 12.9. The van der Waals surface area contributed by atoms with Crippen LogP contribution in [0.2, 0.25) is 0 Å². The minimum absolute atomic E-state index is 0.0232. The number of rotatable bonds is 4. The topological polar surface area (TPSA) is 45.8 Å². The largest absolute Gasteiger partial charge is 0.457 e. The van der Waals surface area contributed by atoms with Crippen molar-refractivity contribution in [3.63, 3.8) is 0 Å². The Morgan fingerprint density at radius 1 is 1.03 bits per heavy atom. The van der Waals surface area contributed by atoms with E-state index in [0.29, 0.717) is 16.6 Å². The number of para-hydroxylation sites is 1. The molecule has 2 atom stereocenters. The van der Waals surface area contributed by atoms with Crippen molar-refractivity contribution in [2.75, 3.05) is 0 Å². The molecule has 0 N–H and O–H groups in total. The molecule has 1 amide bonds. The smallest absolute Gasteiger partial charge is 0.267 e. The van der Waals surface area contributed by atoms with Crippen LogP contribution in [0.3, 0.4) is 0 Å². The van der Waals surface area contributed by atoms with Crippen LogP contribution in [0.1, 0.15) is 38.4 Å². The summed E-state index contributed by atoms with van der Waals surface area (Å²) in [5.41, 5.74) is 1.86. The van der Waals surface area contributed by atoms with Gasteiger partial charge in [0.05, 0.1) is 10.6 Å². The average Bonchev–Trinajstić information content (AvgIpc) is 3.40. The number of amides is 1. The highest BCUT2D eigenvalue weighted by Gasteiger charge is 2.41. The quantitative estimate of drug-likeness (QED) is 0.328. The Morgan fingerprint density at radius 3 is 2.55 bits per heavy atom. The van der Waals surface area contributed by atoms with Gasteiger partial charge in [0.2, 0.25) is 0 Å². The van der Waals surface area contributed by atoms with Crippen molar-refractivity contribution in [1.29, 1.82) is 0 Å². The van der Waals surface area contributed by atoms with E-state index in [0.717, 1.165) is 45.9 Å². The van der Waals surface area contributed by atoms with Crippen molar-refractivity contribution in [3.8, 4) is 11.3 Å². The van der Waals surface area contributed by atoms with Gasteiger partial charge in [-0.05, 0) is 66.9 Å². The molecule has 1 aliphatic heterocycles. The van der Waals surface area contributed by atoms with E-state index >= 15 is 0 Å². The molecule has 0 radical (unpaired) electrons. The van der Waals surface area contributed by atoms with Crippen LogP contribution in [-0.4, -0.2) is 22.0 Å². The van der Waals surface area contributed by atoms with E-state index in [2.05, 4.69) is 22.9 Å². The SMILES string of the molecule is C[C@@H]1CCCC[C@H]1N1C(=O)/C(=C/c2ccc(-c3ccc(Br)cc3)o2)SC1=Nc1ccccc1. The minimum Gasteiger partial charge on any atom is -0.457 e. The monoisotopic (exact) mass is 520 g/mol. The Balaban J connectivity index is 1.47. The molecule has 0 unspecified atom stereocenters. The van der Waals surface area contributed by atoms with Crippen molar-refractivity contribution in [2.45, 2.75) is 38.6 Å². The second kappa shape index (κ2) is 9.74. The van der Waals surface area contributed by atoms with E-state index in [-0.39, 0.29) is 11.9 Å². The van der Waals surface area contributed by atoms with Crippen molar-refractivity contribution < 1.29 is 9.21 Å². The summed E-state index contributed by atoms with van der Waals surface area (Å²) in [6.07, 6.45) is 6.39. The van der Waals surface area contributed by atoms with Crippen LogP contribution < -0.4 is 0 Å². The van der Waals surface area contributed by atoms with Crippen LogP contribution in [0.25, 0.3) is 17.4 Å². The van der Waals surface area contributed by atoms with Gasteiger partial charge < -0.3 is 4.42 Å². The maximum Gasteiger partial charge on any atom is 0.267 e. The number of aliphatic imine (C=N–C) groups is 1. The Morgan fingerprint density at radius 2 is 1.79 bits per heavy atom. The molecule has 2 aliphatic rings. The van der Waals surface area contributed by atoms with Crippen molar-refractivity contribution in [2.24, 2.45) is 10.9 Å². The molecule has 168 valence electrons. The standard InChI is InChI=1S/C27H25BrN2O2S/c1-18-7-5-6-10-23(18)30-26(31)25(33-27(30)29-21-8-3-2-4-9-21)17-22-15-16-24(32-22)19-11-13-20(28)14-12-19/h2-4,8-9,11-18,23H,5-7,10H2,1H3/b25-17-,29-27?/t18-,23-/m1/s1. The van der Waals surface area contributed by atoms with Crippen molar-refractivity contribution >= 4 is 50.5 Å². The molecule has 1 saturated carbocycles. The molecule has 33 heavy (non-hydrogen) atoms. The summed E-state index contributed by atoms with van der Waals surface area (Å²) in [5.74, 6) is 1.92. The number of carbonyl (C=O) groups is 1. The Hall–Kier alpha value is -2.57. The van der Waals surface area contributed by atoms with Gasteiger partial charge in [0.15, 0.2) is 5.17 Å². The highest BCUT2D eigenvalue weighted by molar-refractivity contribution is 9.10. The Kier molecular flexibility index (Phi) is 6.56. The summed E-state index contributed by atoms with van der Waals surface area (Å²) >= 11 is 4.90. The zero-order valence-corrected chi connectivity index (χ0v) is 20.8. The van der Waals surface area contributed by atoms with Crippen LogP contribution in [0, 0.1) is 5.92 Å². The van der Waals surface area contributed by atoms with Gasteiger partial charge in [-0.3, -0.25) is 9.69 Å². The van der Waals surface area contributed by atoms with Crippen molar-refractivity contribution in [3.05, 3.63) is 81.9 Å². The van der Waals surface area contributed by atoms with Crippen molar-refractivity contribution in [1.82, 2.24) is 4.90 Å². The van der Waals surface area contributed by atoms with E-state index in [1.807, 2.05) is 77.7 Å². The van der Waals surface area contributed by atoms with Gasteiger partial charge in [-0.1, -0.05) is 66.0 Å². The molecule has 0 bridgehead atoms. The number of hydrogen-bond acceptors (Lipinski definition) is 4. The number of furan rings is 1. The number of benzene rings is 2. The van der Waals surface area contributed by atoms with Crippen LogP contribution in [0.5, 0.6) is 0 Å². The van der Waals surface area contributed by atoms with E-state index in [1.54, 1.807) is 0 Å². The van der Waals surface area contributed by atoms with E-state index in [9.17, 15) is 4.79 Å². The summed E-state index contributed by atoms with van der Waals surface area (Å²) in [7, 11) is 0. The fourth-order valence-corrected chi connectivity index (χ4v) is 5.77. The summed E-state index contributed by atoms with van der Waals surface area (Å²) in [6.45, 7) is 2.25. The number of hydrogen-bond donors (Lipinski definition) is 0. The zero-order chi connectivity index (χ0) is 22.8. The molecule has 1 aliphatic carbocycles. The van der Waals surface area contributed by atoms with Gasteiger partial charge in [0.1, 0.15) is 11.5 Å². The fraction of sp³-hybridized carbons (Fsp3) is 0.259. The first kappa shape index (κ1) is 22.2. The maximum atomic E-state index is 13.6. The van der Waals surface area contributed by atoms with E-state index < -0.39 is 0 Å². The number of thioether (sulfide) groups is 1. The van der Waals surface area contributed by atoms with E-state index in [1.165, 1.54) is 18.2 Å². The number of halogens is 1. The molecule has 6 heteroatoms. The maximum absolute atomic E-state index is 13.6. The van der Waals surface area contributed by atoms with Gasteiger partial charge in [-0.25, -0.2) is 4.99 Å². The predicted octanol–water partition coefficient (Wildman–Crippen LogP) is 7.89. The van der Waals surface area contributed by atoms with Gasteiger partial charge in [0.25, 0.3) is 5.91 Å². The zero-order valence-electron chi connectivity index (χ0n) is 18.4. The van der Waals surface area contributed by atoms with Gasteiger partial charge in [-0.2, -0.15) is 0 Å². The lowest BCUT2D eigenvalue weighted by Gasteiger charge is -2.35. The normalized spacial score (nSPS) is 23.6. The summed E-state index contributed by atoms with van der Waals surface area (Å²) in [5, 5.41) is 0.760. The third kappa shape index (κ3) is 4.87. The average molecular weight is 521 g/mol. The summed E-state index contributed by atoms with van der Waals surface area (Å²) in [6, 6.07) is 21.9. The van der Waals surface area contributed by atoms with Gasteiger partial charge >= 0.3 is 0 Å². The van der Waals surface area contributed by atoms with Crippen LogP contribution >= 0.6 is 27.7 Å². The lowest BCUT2D eigenvalue weighted by molar-refractivity contribution is -0.124. The minimum atomic E-state index is 0.0232. The molecule has 1 saturated heterocycles. The molecule has 1 aromatic heterocycles. The lowest BCUT2D eigenvalue weighted by Crippen LogP contribution is -2.44. The molecule has 0 spiro atoms. The van der Waals surface area contributed by atoms with Gasteiger partial charge in [0, 0.05) is 22.2 Å². The third-order valence-electron chi connectivity index (χ3n) is 6.24. The predicted molar refractivity (Wildman–Crippen MR) is 139 cm³/mol. The number of carbonyl (C=O) groups excluding carboxylic acids is 1. The second-order valence-corrected chi connectivity index (χ2v) is 10.5. The molecule has 3 aromatic rings. The second-order valence-electron chi connectivity index (χ2n) is 8.55. The molecular weight excluding hydrogens is 496 g/mol. The molecule has 4 nitrogen and oxygen atoms in total. The highest BCUT2D eigenvalue weighted by atomic mass is 79.9. The molecular formula is C27H25BrN2O2S. The molecule has 2 fully saturated rings. The van der Waals surface area contributed by atoms with Gasteiger partial charge in [-0.15, -0.1) is 0 Å². The Labute approximate surface area is 206 Å². The number of amidine groups is 1. The highest BCUT2D eigenvalue weighted by Crippen LogP contribution is 2.40.